The van der Waals surface area contributed by atoms with Gasteiger partial charge in [-0.2, -0.15) is 4.31 Å². The summed E-state index contributed by atoms with van der Waals surface area (Å²) in [4.78, 5) is 10.0. The minimum absolute atomic E-state index is 0.135. The van der Waals surface area contributed by atoms with Crippen molar-refractivity contribution in [2.24, 2.45) is 11.8 Å². The van der Waals surface area contributed by atoms with Gasteiger partial charge in [-0.3, -0.25) is 16.0 Å². The third-order valence-corrected chi connectivity index (χ3v) is 5.85. The van der Waals surface area contributed by atoms with E-state index in [9.17, 15) is 18.5 Å². The molecule has 0 amide bonds. The second-order valence-electron chi connectivity index (χ2n) is 5.18. The van der Waals surface area contributed by atoms with Crippen LogP contribution >= 0.6 is 0 Å². The number of nitrogens with two attached hydrogens (primary N) is 1. The Bertz CT molecular complexity index is 657. The van der Waals surface area contributed by atoms with Gasteiger partial charge >= 0.3 is 0 Å². The molecular formula is C12H18N4O4S. The number of hydrazine groups is 1. The fraction of sp³-hybridized carbons (Fsp3) is 0.500. The first-order chi connectivity index (χ1) is 9.78. The Labute approximate surface area is 123 Å². The van der Waals surface area contributed by atoms with Crippen LogP contribution in [0.5, 0.6) is 0 Å². The molecule has 9 heteroatoms. The number of rotatable bonds is 6. The largest absolute Gasteiger partial charge is 0.323 e. The Kier molecular flexibility index (Phi) is 4.17. The summed E-state index contributed by atoms with van der Waals surface area (Å²) in [7, 11) is -2.37. The van der Waals surface area contributed by atoms with Crippen molar-refractivity contribution < 1.29 is 13.3 Å². The Morgan fingerprint density at radius 3 is 2.57 bits per heavy atom. The van der Waals surface area contributed by atoms with Crippen molar-refractivity contribution in [3.63, 3.8) is 0 Å². The van der Waals surface area contributed by atoms with E-state index >= 15 is 0 Å². The fourth-order valence-corrected chi connectivity index (χ4v) is 3.80. The van der Waals surface area contributed by atoms with E-state index < -0.39 is 14.9 Å². The average Bonchev–Trinajstić information content (AvgIpc) is 3.29. The summed E-state index contributed by atoms with van der Waals surface area (Å²) in [5.74, 6) is 5.66. The predicted octanol–water partition coefficient (Wildman–Crippen LogP) is 1.30. The lowest BCUT2D eigenvalue weighted by molar-refractivity contribution is -0.385. The van der Waals surface area contributed by atoms with E-state index in [0.29, 0.717) is 5.92 Å². The first-order valence-corrected chi connectivity index (χ1v) is 7.96. The van der Waals surface area contributed by atoms with Crippen LogP contribution in [0.4, 0.5) is 11.4 Å². The Hall–Kier alpha value is -1.71. The first kappa shape index (κ1) is 15.7. The number of nitrogen functional groups attached to an aromatic ring is 1. The number of nitro groups is 1. The predicted molar refractivity (Wildman–Crippen MR) is 78.0 cm³/mol. The quantitative estimate of drug-likeness (QED) is 0.464. The first-order valence-electron chi connectivity index (χ1n) is 6.52. The summed E-state index contributed by atoms with van der Waals surface area (Å²) in [6.07, 6.45) is 2.00. The van der Waals surface area contributed by atoms with Crippen LogP contribution in [-0.4, -0.2) is 30.7 Å². The fourth-order valence-electron chi connectivity index (χ4n) is 2.21. The molecule has 1 aromatic carbocycles. The highest BCUT2D eigenvalue weighted by Gasteiger charge is 2.37. The highest BCUT2D eigenvalue weighted by Crippen LogP contribution is 2.37. The number of anilines is 1. The van der Waals surface area contributed by atoms with Gasteiger partial charge in [-0.25, -0.2) is 8.42 Å². The molecular weight excluding hydrogens is 296 g/mol. The van der Waals surface area contributed by atoms with E-state index in [0.717, 1.165) is 18.9 Å². The van der Waals surface area contributed by atoms with Crippen molar-refractivity contribution in [1.29, 1.82) is 0 Å². The van der Waals surface area contributed by atoms with Gasteiger partial charge in [-0.15, -0.1) is 0 Å². The molecule has 21 heavy (non-hydrogen) atoms. The maximum atomic E-state index is 12.7. The van der Waals surface area contributed by atoms with Crippen LogP contribution in [-0.2, 0) is 10.0 Å². The zero-order valence-corrected chi connectivity index (χ0v) is 12.6. The van der Waals surface area contributed by atoms with E-state index in [4.69, 9.17) is 5.84 Å². The number of sulfonamides is 1. The van der Waals surface area contributed by atoms with Gasteiger partial charge in [-0.05, 0) is 31.7 Å². The van der Waals surface area contributed by atoms with Crippen molar-refractivity contribution in [3.05, 3.63) is 28.3 Å². The van der Waals surface area contributed by atoms with Gasteiger partial charge in [0.25, 0.3) is 5.69 Å². The molecule has 1 aromatic rings. The third-order valence-electron chi connectivity index (χ3n) is 3.87. The monoisotopic (exact) mass is 314 g/mol. The summed E-state index contributed by atoms with van der Waals surface area (Å²) < 4.78 is 26.6. The molecule has 1 atom stereocenters. The zero-order valence-electron chi connectivity index (χ0n) is 11.8. The summed E-state index contributed by atoms with van der Waals surface area (Å²) in [5.41, 5.74) is 2.12. The van der Waals surface area contributed by atoms with E-state index in [1.165, 1.54) is 23.5 Å². The van der Waals surface area contributed by atoms with Crippen LogP contribution in [0.2, 0.25) is 0 Å². The molecule has 0 heterocycles. The SMILES string of the molecule is CC(C1CC1)N(C)S(=O)(=O)c1cc([N+](=O)[O-])ccc1NN. The lowest BCUT2D eigenvalue weighted by Crippen LogP contribution is -2.37. The van der Waals surface area contributed by atoms with Gasteiger partial charge in [0.2, 0.25) is 10.0 Å². The van der Waals surface area contributed by atoms with Crippen molar-refractivity contribution in [2.45, 2.75) is 30.7 Å². The normalized spacial score (nSPS) is 16.8. The van der Waals surface area contributed by atoms with E-state index in [1.54, 1.807) is 0 Å². The van der Waals surface area contributed by atoms with Crippen molar-refractivity contribution >= 4 is 21.4 Å². The van der Waals surface area contributed by atoms with Crippen LogP contribution < -0.4 is 11.3 Å². The van der Waals surface area contributed by atoms with Gasteiger partial charge in [-0.1, -0.05) is 0 Å². The molecule has 116 valence electrons. The smallest absolute Gasteiger partial charge is 0.270 e. The molecule has 1 fully saturated rings. The molecule has 0 radical (unpaired) electrons. The third kappa shape index (κ3) is 2.99. The molecule has 0 bridgehead atoms. The number of hydrogen-bond acceptors (Lipinski definition) is 6. The summed E-state index contributed by atoms with van der Waals surface area (Å²) in [6, 6.07) is 3.37. The molecule has 0 spiro atoms. The van der Waals surface area contributed by atoms with E-state index in [-0.39, 0.29) is 22.3 Å². The van der Waals surface area contributed by atoms with Crippen LogP contribution in [0.15, 0.2) is 23.1 Å². The number of nitro benzene ring substituents is 1. The van der Waals surface area contributed by atoms with Gasteiger partial charge in [0.15, 0.2) is 0 Å². The lowest BCUT2D eigenvalue weighted by atomic mass is 10.2. The Morgan fingerprint density at radius 2 is 2.10 bits per heavy atom. The molecule has 1 aliphatic rings. The van der Waals surface area contributed by atoms with Crippen LogP contribution in [0.25, 0.3) is 0 Å². The van der Waals surface area contributed by atoms with Crippen LogP contribution in [0, 0.1) is 16.0 Å². The van der Waals surface area contributed by atoms with Crippen molar-refractivity contribution in [1.82, 2.24) is 4.31 Å². The summed E-state index contributed by atoms with van der Waals surface area (Å²) in [6.45, 7) is 1.84. The Balaban J connectivity index is 2.46. The maximum absolute atomic E-state index is 12.7. The minimum atomic E-state index is -3.86. The van der Waals surface area contributed by atoms with Crippen molar-refractivity contribution in [2.75, 3.05) is 12.5 Å². The lowest BCUT2D eigenvalue weighted by Gasteiger charge is -2.25. The maximum Gasteiger partial charge on any atom is 0.270 e. The molecule has 0 saturated heterocycles. The minimum Gasteiger partial charge on any atom is -0.323 e. The average molecular weight is 314 g/mol. The second kappa shape index (κ2) is 5.58. The molecule has 0 aromatic heterocycles. The van der Waals surface area contributed by atoms with Gasteiger partial charge in [0.05, 0.1) is 10.6 Å². The molecule has 8 nitrogen and oxygen atoms in total. The van der Waals surface area contributed by atoms with E-state index in [1.807, 2.05) is 6.92 Å². The summed E-state index contributed by atoms with van der Waals surface area (Å²) >= 11 is 0. The number of benzene rings is 1. The topological polar surface area (TPSA) is 119 Å². The number of nitrogens with zero attached hydrogens (tertiary/aromatic N) is 2. The number of hydrogen-bond donors (Lipinski definition) is 2. The molecule has 0 aliphatic heterocycles. The van der Waals surface area contributed by atoms with Gasteiger partial charge in [0, 0.05) is 25.2 Å². The zero-order chi connectivity index (χ0) is 15.8. The standard InChI is InChI=1S/C12H18N4O4S/c1-8(9-3-4-9)15(2)21(19,20)12-7-10(16(17)18)5-6-11(12)14-13/h5-9,14H,3-4,13H2,1-2H3. The molecule has 1 unspecified atom stereocenters. The summed E-state index contributed by atoms with van der Waals surface area (Å²) in [5, 5.41) is 10.8. The molecule has 1 aliphatic carbocycles. The highest BCUT2D eigenvalue weighted by atomic mass is 32.2. The van der Waals surface area contributed by atoms with Gasteiger partial charge < -0.3 is 5.43 Å². The van der Waals surface area contributed by atoms with E-state index in [2.05, 4.69) is 5.43 Å². The molecule has 3 N–H and O–H groups in total. The Morgan fingerprint density at radius 1 is 1.48 bits per heavy atom. The molecule has 1 saturated carbocycles. The van der Waals surface area contributed by atoms with Gasteiger partial charge in [0.1, 0.15) is 4.90 Å². The van der Waals surface area contributed by atoms with Crippen LogP contribution in [0.3, 0.4) is 0 Å². The number of non-ortho nitro benzene ring substituents is 1. The highest BCUT2D eigenvalue weighted by molar-refractivity contribution is 7.89. The molecule has 2 rings (SSSR count). The van der Waals surface area contributed by atoms with Crippen molar-refractivity contribution in [3.8, 4) is 0 Å². The van der Waals surface area contributed by atoms with Crippen LogP contribution in [0.1, 0.15) is 19.8 Å². The second-order valence-corrected chi connectivity index (χ2v) is 7.15. The number of nitrogens with one attached hydrogen (secondary N) is 1.